The van der Waals surface area contributed by atoms with Gasteiger partial charge in [0.2, 0.25) is 11.8 Å². The number of carbonyl (C=O) groups excluding carboxylic acids is 1. The smallest absolute Gasteiger partial charge is 0.239 e. The number of aryl methyl sites for hydroxylation is 1. The lowest BCUT2D eigenvalue weighted by Gasteiger charge is -2.39. The number of carbonyl (C=O) groups is 1. The maximum absolute atomic E-state index is 12.8. The van der Waals surface area contributed by atoms with Gasteiger partial charge in [0.05, 0.1) is 6.04 Å². The molecule has 1 aromatic heterocycles. The second kappa shape index (κ2) is 7.61. The Kier molecular flexibility index (Phi) is 5.50. The Labute approximate surface area is 144 Å². The summed E-state index contributed by atoms with van der Waals surface area (Å²) >= 11 is 0. The molecule has 0 N–H and O–H groups in total. The molecule has 2 aliphatic rings. The van der Waals surface area contributed by atoms with E-state index in [2.05, 4.69) is 26.9 Å². The molecular formula is C17H29N5O2. The molecule has 24 heavy (non-hydrogen) atoms. The highest BCUT2D eigenvalue weighted by atomic mass is 16.5. The molecule has 3 rings (SSSR count). The number of nitrogens with zero attached hydrogens (tertiary/aromatic N) is 5. The largest absolute Gasteiger partial charge is 0.339 e. The van der Waals surface area contributed by atoms with Crippen molar-refractivity contribution in [1.82, 2.24) is 24.8 Å². The number of piperidine rings is 1. The summed E-state index contributed by atoms with van der Waals surface area (Å²) in [6.07, 6.45) is 1.95. The first-order valence-electron chi connectivity index (χ1n) is 9.14. The van der Waals surface area contributed by atoms with Gasteiger partial charge < -0.3 is 14.3 Å². The van der Waals surface area contributed by atoms with Crippen LogP contribution < -0.4 is 0 Å². The monoisotopic (exact) mass is 335 g/mol. The van der Waals surface area contributed by atoms with Crippen LogP contribution in [0.2, 0.25) is 0 Å². The first kappa shape index (κ1) is 17.4. The van der Waals surface area contributed by atoms with Crippen LogP contribution in [-0.4, -0.2) is 82.6 Å². The fourth-order valence-electron chi connectivity index (χ4n) is 3.72. The van der Waals surface area contributed by atoms with Crippen molar-refractivity contribution in [1.29, 1.82) is 0 Å². The Morgan fingerprint density at radius 3 is 2.42 bits per heavy atom. The zero-order chi connectivity index (χ0) is 17.1. The van der Waals surface area contributed by atoms with Crippen molar-refractivity contribution in [2.75, 3.05) is 45.8 Å². The SMILES string of the molecule is CCN1CCN(C(=O)C(C)N2CCC(c3nc(C)no3)CC2)CC1. The molecule has 0 saturated carbocycles. The molecule has 134 valence electrons. The van der Waals surface area contributed by atoms with Crippen molar-refractivity contribution in [2.24, 2.45) is 0 Å². The quantitative estimate of drug-likeness (QED) is 0.821. The number of likely N-dealkylation sites (tertiary alicyclic amines) is 1. The summed E-state index contributed by atoms with van der Waals surface area (Å²) in [5.41, 5.74) is 0. The minimum atomic E-state index is -0.0384. The Bertz CT molecular complexity index is 545. The van der Waals surface area contributed by atoms with Gasteiger partial charge in [-0.1, -0.05) is 12.1 Å². The summed E-state index contributed by atoms with van der Waals surface area (Å²) in [4.78, 5) is 23.9. The van der Waals surface area contributed by atoms with E-state index in [1.807, 2.05) is 18.7 Å². The maximum atomic E-state index is 12.8. The number of hydrogen-bond donors (Lipinski definition) is 0. The van der Waals surface area contributed by atoms with Crippen LogP contribution in [0.3, 0.4) is 0 Å². The Morgan fingerprint density at radius 2 is 1.88 bits per heavy atom. The third-order valence-corrected chi connectivity index (χ3v) is 5.46. The van der Waals surface area contributed by atoms with Gasteiger partial charge in [-0.15, -0.1) is 0 Å². The Morgan fingerprint density at radius 1 is 1.21 bits per heavy atom. The van der Waals surface area contributed by atoms with Crippen LogP contribution in [0, 0.1) is 6.92 Å². The predicted octanol–water partition coefficient (Wildman–Crippen LogP) is 1.11. The van der Waals surface area contributed by atoms with Crippen molar-refractivity contribution in [3.8, 4) is 0 Å². The number of rotatable bonds is 4. The second-order valence-corrected chi connectivity index (χ2v) is 6.93. The summed E-state index contributed by atoms with van der Waals surface area (Å²) in [5, 5.41) is 3.88. The molecule has 1 atom stereocenters. The lowest BCUT2D eigenvalue weighted by Crippen LogP contribution is -2.55. The number of aromatic nitrogens is 2. The first-order valence-corrected chi connectivity index (χ1v) is 9.14. The molecular weight excluding hydrogens is 306 g/mol. The fraction of sp³-hybridized carbons (Fsp3) is 0.824. The molecule has 2 saturated heterocycles. The minimum absolute atomic E-state index is 0.0384. The molecule has 0 aliphatic carbocycles. The molecule has 0 spiro atoms. The molecule has 3 heterocycles. The van der Waals surface area contributed by atoms with E-state index in [4.69, 9.17) is 4.52 Å². The highest BCUT2D eigenvalue weighted by Gasteiger charge is 2.32. The summed E-state index contributed by atoms with van der Waals surface area (Å²) < 4.78 is 5.30. The number of hydrogen-bond acceptors (Lipinski definition) is 6. The van der Waals surface area contributed by atoms with Gasteiger partial charge in [-0.2, -0.15) is 4.98 Å². The van der Waals surface area contributed by atoms with Crippen LogP contribution in [0.1, 0.15) is 44.3 Å². The number of amides is 1. The van der Waals surface area contributed by atoms with Gasteiger partial charge in [0.15, 0.2) is 5.82 Å². The van der Waals surface area contributed by atoms with Crippen molar-refractivity contribution in [3.05, 3.63) is 11.7 Å². The normalized spacial score (nSPS) is 22.7. The summed E-state index contributed by atoms with van der Waals surface area (Å²) in [5.74, 6) is 2.06. The van der Waals surface area contributed by atoms with Crippen LogP contribution >= 0.6 is 0 Å². The molecule has 2 aliphatic heterocycles. The lowest BCUT2D eigenvalue weighted by molar-refractivity contribution is -0.138. The first-order chi connectivity index (χ1) is 11.6. The van der Waals surface area contributed by atoms with Gasteiger partial charge in [0, 0.05) is 32.1 Å². The van der Waals surface area contributed by atoms with E-state index in [9.17, 15) is 4.79 Å². The molecule has 7 heteroatoms. The average molecular weight is 335 g/mol. The molecule has 1 amide bonds. The molecule has 1 aromatic rings. The summed E-state index contributed by atoms with van der Waals surface area (Å²) in [7, 11) is 0. The van der Waals surface area contributed by atoms with Gasteiger partial charge in [0.25, 0.3) is 0 Å². The van der Waals surface area contributed by atoms with Gasteiger partial charge in [-0.25, -0.2) is 0 Å². The van der Waals surface area contributed by atoms with Crippen molar-refractivity contribution >= 4 is 5.91 Å². The van der Waals surface area contributed by atoms with Gasteiger partial charge in [-0.3, -0.25) is 9.69 Å². The van der Waals surface area contributed by atoms with Gasteiger partial charge >= 0.3 is 0 Å². The van der Waals surface area contributed by atoms with Crippen LogP contribution in [0.5, 0.6) is 0 Å². The van der Waals surface area contributed by atoms with Crippen LogP contribution in [0.4, 0.5) is 0 Å². The number of piperazine rings is 1. The molecule has 0 aromatic carbocycles. The third-order valence-electron chi connectivity index (χ3n) is 5.46. The molecule has 0 bridgehead atoms. The van der Waals surface area contributed by atoms with Gasteiger partial charge in [-0.05, 0) is 46.3 Å². The van der Waals surface area contributed by atoms with E-state index < -0.39 is 0 Å². The molecule has 2 fully saturated rings. The van der Waals surface area contributed by atoms with E-state index in [1.54, 1.807) is 0 Å². The van der Waals surface area contributed by atoms with E-state index in [-0.39, 0.29) is 11.9 Å². The fourth-order valence-corrected chi connectivity index (χ4v) is 3.72. The average Bonchev–Trinajstić information content (AvgIpc) is 3.07. The van der Waals surface area contributed by atoms with E-state index in [1.165, 1.54) is 0 Å². The topological polar surface area (TPSA) is 65.7 Å². The molecule has 0 radical (unpaired) electrons. The van der Waals surface area contributed by atoms with E-state index in [0.29, 0.717) is 11.7 Å². The standard InChI is InChI=1S/C17H29N5O2/c1-4-20-9-11-22(12-10-20)17(23)13(2)21-7-5-15(6-8-21)16-18-14(3)19-24-16/h13,15H,4-12H2,1-3H3. The zero-order valence-electron chi connectivity index (χ0n) is 15.1. The van der Waals surface area contributed by atoms with Crippen LogP contribution in [-0.2, 0) is 4.79 Å². The van der Waals surface area contributed by atoms with Crippen LogP contribution in [0.15, 0.2) is 4.52 Å². The molecule has 1 unspecified atom stereocenters. The Hall–Kier alpha value is -1.47. The second-order valence-electron chi connectivity index (χ2n) is 6.93. The zero-order valence-corrected chi connectivity index (χ0v) is 15.1. The van der Waals surface area contributed by atoms with E-state index in [0.717, 1.165) is 64.5 Å². The predicted molar refractivity (Wildman–Crippen MR) is 90.7 cm³/mol. The van der Waals surface area contributed by atoms with Gasteiger partial charge in [0.1, 0.15) is 0 Å². The van der Waals surface area contributed by atoms with Crippen molar-refractivity contribution in [3.63, 3.8) is 0 Å². The third kappa shape index (κ3) is 3.78. The van der Waals surface area contributed by atoms with Crippen molar-refractivity contribution in [2.45, 2.75) is 45.6 Å². The van der Waals surface area contributed by atoms with Crippen LogP contribution in [0.25, 0.3) is 0 Å². The highest BCUT2D eigenvalue weighted by molar-refractivity contribution is 5.81. The summed E-state index contributed by atoms with van der Waals surface area (Å²) in [6, 6.07) is -0.0384. The van der Waals surface area contributed by atoms with E-state index >= 15 is 0 Å². The van der Waals surface area contributed by atoms with Crippen molar-refractivity contribution < 1.29 is 9.32 Å². The molecule has 7 nitrogen and oxygen atoms in total. The lowest BCUT2D eigenvalue weighted by atomic mass is 9.95. The summed E-state index contributed by atoms with van der Waals surface area (Å²) in [6.45, 7) is 12.7. The Balaban J connectivity index is 1.49. The maximum Gasteiger partial charge on any atom is 0.239 e. The highest BCUT2D eigenvalue weighted by Crippen LogP contribution is 2.28. The minimum Gasteiger partial charge on any atom is -0.339 e. The number of likely N-dealkylation sites (N-methyl/N-ethyl adjacent to an activating group) is 1.